The van der Waals surface area contributed by atoms with Gasteiger partial charge in [0.05, 0.1) is 12.1 Å². The summed E-state index contributed by atoms with van der Waals surface area (Å²) in [4.78, 5) is 24.0. The fourth-order valence-electron chi connectivity index (χ4n) is 2.18. The molecule has 0 saturated heterocycles. The Balaban J connectivity index is 1.65. The zero-order chi connectivity index (χ0) is 16.9. The second kappa shape index (κ2) is 7.37. The Morgan fingerprint density at radius 1 is 1.38 bits per heavy atom. The summed E-state index contributed by atoms with van der Waals surface area (Å²) in [6.45, 7) is 2.99. The second-order valence-corrected chi connectivity index (χ2v) is 5.98. The number of anilines is 1. The number of nitrogens with zero attached hydrogens (tertiary/aromatic N) is 3. The van der Waals surface area contributed by atoms with E-state index in [0.717, 1.165) is 5.01 Å². The lowest BCUT2D eigenvalue weighted by atomic mass is 10.3. The van der Waals surface area contributed by atoms with Crippen LogP contribution in [0, 0.1) is 0 Å². The first-order valence-electron chi connectivity index (χ1n) is 7.45. The Labute approximate surface area is 141 Å². The molecule has 126 valence electrons. The van der Waals surface area contributed by atoms with E-state index in [1.165, 1.54) is 15.9 Å². The summed E-state index contributed by atoms with van der Waals surface area (Å²) < 4.78 is 11.6. The largest absolute Gasteiger partial charge is 0.420 e. The lowest BCUT2D eigenvalue weighted by molar-refractivity contribution is -0.116. The molecule has 9 heteroatoms. The van der Waals surface area contributed by atoms with Gasteiger partial charge in [0.1, 0.15) is 11.6 Å². The van der Waals surface area contributed by atoms with Crippen LogP contribution in [0.2, 0.25) is 0 Å². The normalized spacial score (nSPS) is 11.0. The highest BCUT2D eigenvalue weighted by molar-refractivity contribution is 7.15. The number of amides is 1. The highest BCUT2D eigenvalue weighted by atomic mass is 32.1. The fourth-order valence-corrected chi connectivity index (χ4v) is 2.91. The Hall–Kier alpha value is -2.52. The molecule has 1 aromatic carbocycles. The monoisotopic (exact) mass is 348 g/mol. The lowest BCUT2D eigenvalue weighted by Crippen LogP contribution is -2.24. The molecule has 3 rings (SSSR count). The van der Waals surface area contributed by atoms with Crippen LogP contribution in [0.1, 0.15) is 11.9 Å². The minimum atomic E-state index is -0.569. The molecule has 0 radical (unpaired) electrons. The number of aromatic nitrogens is 3. The molecule has 3 aromatic rings. The van der Waals surface area contributed by atoms with Crippen molar-refractivity contribution in [3.63, 3.8) is 0 Å². The van der Waals surface area contributed by atoms with Gasteiger partial charge in [-0.3, -0.25) is 14.7 Å². The van der Waals surface area contributed by atoms with Crippen molar-refractivity contribution >= 4 is 33.5 Å². The summed E-state index contributed by atoms with van der Waals surface area (Å²) in [5, 5.41) is 11.7. The Morgan fingerprint density at radius 3 is 3.04 bits per heavy atom. The van der Waals surface area contributed by atoms with Crippen LogP contribution in [0.25, 0.3) is 11.1 Å². The fraction of sp³-hybridized carbons (Fsp3) is 0.333. The van der Waals surface area contributed by atoms with Gasteiger partial charge < -0.3 is 9.15 Å². The maximum atomic E-state index is 12.1. The molecule has 0 aliphatic heterocycles. The standard InChI is InChI=1S/C15H16N4O4S/c1-2-22-8-7-13-17-18-14(24-13)16-12(20)9-19-10-5-3-4-6-11(10)23-15(19)21/h3-6H,2,7-9H2,1H3,(H,16,18,20). The van der Waals surface area contributed by atoms with Crippen LogP contribution >= 0.6 is 11.3 Å². The number of hydrogen-bond donors (Lipinski definition) is 1. The summed E-state index contributed by atoms with van der Waals surface area (Å²) in [5.74, 6) is -0.933. The van der Waals surface area contributed by atoms with Crippen LogP contribution in [-0.2, 0) is 22.5 Å². The molecule has 0 spiro atoms. The molecule has 1 amide bonds. The number of carbonyl (C=O) groups is 1. The molecule has 0 saturated carbocycles. The first-order valence-corrected chi connectivity index (χ1v) is 8.27. The number of hydrogen-bond acceptors (Lipinski definition) is 7. The minimum absolute atomic E-state index is 0.149. The average molecular weight is 348 g/mol. The van der Waals surface area contributed by atoms with E-state index in [-0.39, 0.29) is 12.5 Å². The van der Waals surface area contributed by atoms with E-state index in [1.54, 1.807) is 24.3 Å². The summed E-state index contributed by atoms with van der Waals surface area (Å²) in [6, 6.07) is 6.95. The number of benzene rings is 1. The predicted molar refractivity (Wildman–Crippen MR) is 89.2 cm³/mol. The topological polar surface area (TPSA) is 99.3 Å². The SMILES string of the molecule is CCOCCc1nnc(NC(=O)Cn2c(=O)oc3ccccc32)s1. The van der Waals surface area contributed by atoms with Gasteiger partial charge in [0.15, 0.2) is 5.58 Å². The molecule has 0 fully saturated rings. The average Bonchev–Trinajstić information content (AvgIpc) is 3.13. The lowest BCUT2D eigenvalue weighted by Gasteiger charge is -2.02. The van der Waals surface area contributed by atoms with Crippen molar-refractivity contribution < 1.29 is 13.9 Å². The van der Waals surface area contributed by atoms with Gasteiger partial charge in [0, 0.05) is 13.0 Å². The smallest absolute Gasteiger partial charge is 0.408 e. The third-order valence-corrected chi connectivity index (χ3v) is 4.15. The Kier molecular flexibility index (Phi) is 5.02. The molecule has 0 atom stereocenters. The van der Waals surface area contributed by atoms with Crippen molar-refractivity contribution in [2.45, 2.75) is 19.9 Å². The van der Waals surface area contributed by atoms with E-state index in [2.05, 4.69) is 15.5 Å². The van der Waals surface area contributed by atoms with Crippen LogP contribution in [0.3, 0.4) is 0 Å². The number of para-hydroxylation sites is 2. The Bertz CT molecular complexity index is 898. The van der Waals surface area contributed by atoms with E-state index in [9.17, 15) is 9.59 Å². The molecule has 0 unspecified atom stereocenters. The van der Waals surface area contributed by atoms with Gasteiger partial charge >= 0.3 is 5.76 Å². The molecular weight excluding hydrogens is 332 g/mol. The van der Waals surface area contributed by atoms with Gasteiger partial charge in [-0.05, 0) is 19.1 Å². The van der Waals surface area contributed by atoms with Gasteiger partial charge in [-0.25, -0.2) is 4.79 Å². The quantitative estimate of drug-likeness (QED) is 0.652. The highest BCUT2D eigenvalue weighted by Gasteiger charge is 2.14. The third kappa shape index (κ3) is 3.69. The summed E-state index contributed by atoms with van der Waals surface area (Å²) in [6.07, 6.45) is 0.646. The number of nitrogens with one attached hydrogen (secondary N) is 1. The molecule has 1 N–H and O–H groups in total. The van der Waals surface area contributed by atoms with Crippen molar-refractivity contribution in [1.29, 1.82) is 0 Å². The summed E-state index contributed by atoms with van der Waals surface area (Å²) >= 11 is 1.29. The van der Waals surface area contributed by atoms with Crippen molar-refractivity contribution in [1.82, 2.24) is 14.8 Å². The van der Waals surface area contributed by atoms with Crippen LogP contribution < -0.4 is 11.1 Å². The zero-order valence-electron chi connectivity index (χ0n) is 13.0. The van der Waals surface area contributed by atoms with Crippen LogP contribution in [0.4, 0.5) is 5.13 Å². The van der Waals surface area contributed by atoms with Crippen molar-refractivity contribution in [2.24, 2.45) is 0 Å². The van der Waals surface area contributed by atoms with Gasteiger partial charge in [-0.2, -0.15) is 0 Å². The third-order valence-electron chi connectivity index (χ3n) is 3.25. The van der Waals surface area contributed by atoms with Gasteiger partial charge in [0.2, 0.25) is 11.0 Å². The van der Waals surface area contributed by atoms with Crippen molar-refractivity contribution in [3.8, 4) is 0 Å². The number of carbonyl (C=O) groups excluding carboxylic acids is 1. The molecule has 24 heavy (non-hydrogen) atoms. The first kappa shape index (κ1) is 16.3. The number of oxazole rings is 1. The second-order valence-electron chi connectivity index (χ2n) is 4.92. The van der Waals surface area contributed by atoms with Gasteiger partial charge in [-0.1, -0.05) is 23.5 Å². The van der Waals surface area contributed by atoms with Crippen LogP contribution in [-0.4, -0.2) is 33.9 Å². The van der Waals surface area contributed by atoms with Crippen LogP contribution in [0.15, 0.2) is 33.5 Å². The summed E-state index contributed by atoms with van der Waals surface area (Å²) in [7, 11) is 0. The first-order chi connectivity index (χ1) is 11.7. The molecule has 2 aromatic heterocycles. The van der Waals surface area contributed by atoms with E-state index in [0.29, 0.717) is 35.9 Å². The van der Waals surface area contributed by atoms with E-state index >= 15 is 0 Å². The highest BCUT2D eigenvalue weighted by Crippen LogP contribution is 2.16. The van der Waals surface area contributed by atoms with Gasteiger partial charge in [-0.15, -0.1) is 10.2 Å². The summed E-state index contributed by atoms with van der Waals surface area (Å²) in [5.41, 5.74) is 1.02. The zero-order valence-corrected chi connectivity index (χ0v) is 13.8. The molecule has 0 bridgehead atoms. The van der Waals surface area contributed by atoms with Crippen LogP contribution in [0.5, 0.6) is 0 Å². The molecule has 8 nitrogen and oxygen atoms in total. The van der Waals surface area contributed by atoms with E-state index in [1.807, 2.05) is 6.92 Å². The predicted octanol–water partition coefficient (Wildman–Crippen LogP) is 1.66. The molecule has 2 heterocycles. The van der Waals surface area contributed by atoms with E-state index in [4.69, 9.17) is 9.15 Å². The number of ether oxygens (including phenoxy) is 1. The van der Waals surface area contributed by atoms with Crippen molar-refractivity contribution in [3.05, 3.63) is 39.8 Å². The van der Waals surface area contributed by atoms with E-state index < -0.39 is 5.76 Å². The molecule has 0 aliphatic rings. The maximum Gasteiger partial charge on any atom is 0.420 e. The number of fused-ring (bicyclic) bond motifs is 1. The van der Waals surface area contributed by atoms with Crippen molar-refractivity contribution in [2.75, 3.05) is 18.5 Å². The minimum Gasteiger partial charge on any atom is -0.408 e. The Morgan fingerprint density at radius 2 is 2.21 bits per heavy atom. The number of rotatable bonds is 7. The molecular formula is C15H16N4O4S. The molecule has 0 aliphatic carbocycles. The maximum absolute atomic E-state index is 12.1. The van der Waals surface area contributed by atoms with Gasteiger partial charge in [0.25, 0.3) is 0 Å².